The van der Waals surface area contributed by atoms with Crippen molar-refractivity contribution in [1.82, 2.24) is 5.32 Å². The van der Waals surface area contributed by atoms with E-state index in [2.05, 4.69) is 57.3 Å². The highest BCUT2D eigenvalue weighted by atomic mass is 16.5. The Balaban J connectivity index is 2.21. The zero-order chi connectivity index (χ0) is 14.8. The van der Waals surface area contributed by atoms with Crippen LogP contribution in [0.5, 0.6) is 5.75 Å². The SMILES string of the molecule is CCCCCOc1ccc(CNCCC(C)(C)C)cc1. The van der Waals surface area contributed by atoms with Gasteiger partial charge in [-0.05, 0) is 42.5 Å². The summed E-state index contributed by atoms with van der Waals surface area (Å²) in [4.78, 5) is 0. The van der Waals surface area contributed by atoms with E-state index in [1.807, 2.05) is 0 Å². The van der Waals surface area contributed by atoms with E-state index in [0.717, 1.165) is 31.9 Å². The van der Waals surface area contributed by atoms with E-state index in [1.54, 1.807) is 0 Å². The first-order valence-electron chi connectivity index (χ1n) is 7.94. The fourth-order valence-electron chi connectivity index (χ4n) is 1.94. The minimum Gasteiger partial charge on any atom is -0.494 e. The van der Waals surface area contributed by atoms with Gasteiger partial charge in [0, 0.05) is 6.54 Å². The van der Waals surface area contributed by atoms with Gasteiger partial charge in [0.1, 0.15) is 5.75 Å². The first-order valence-corrected chi connectivity index (χ1v) is 7.94. The minimum absolute atomic E-state index is 0.406. The Kier molecular flexibility index (Phi) is 7.68. The van der Waals surface area contributed by atoms with Crippen LogP contribution in [0.15, 0.2) is 24.3 Å². The van der Waals surface area contributed by atoms with Gasteiger partial charge in [-0.1, -0.05) is 52.7 Å². The van der Waals surface area contributed by atoms with Crippen LogP contribution in [0.2, 0.25) is 0 Å². The molecule has 20 heavy (non-hydrogen) atoms. The van der Waals surface area contributed by atoms with Crippen LogP contribution >= 0.6 is 0 Å². The molecule has 114 valence electrons. The van der Waals surface area contributed by atoms with Gasteiger partial charge >= 0.3 is 0 Å². The second-order valence-electron chi connectivity index (χ2n) is 6.69. The highest BCUT2D eigenvalue weighted by Gasteiger charge is 2.08. The van der Waals surface area contributed by atoms with Crippen LogP contribution in [0, 0.1) is 5.41 Å². The molecule has 0 aliphatic heterocycles. The first-order chi connectivity index (χ1) is 9.51. The predicted octanol–water partition coefficient (Wildman–Crippen LogP) is 4.78. The quantitative estimate of drug-likeness (QED) is 0.656. The maximum atomic E-state index is 5.71. The smallest absolute Gasteiger partial charge is 0.119 e. The Morgan fingerprint density at radius 2 is 1.75 bits per heavy atom. The molecular formula is C18H31NO. The molecule has 0 radical (unpaired) electrons. The molecule has 0 heterocycles. The maximum absolute atomic E-state index is 5.71. The number of nitrogens with one attached hydrogen (secondary N) is 1. The van der Waals surface area contributed by atoms with Crippen molar-refractivity contribution in [2.24, 2.45) is 5.41 Å². The summed E-state index contributed by atoms with van der Waals surface area (Å²) in [6.07, 6.45) is 4.83. The van der Waals surface area contributed by atoms with Crippen molar-refractivity contribution in [3.8, 4) is 5.75 Å². The van der Waals surface area contributed by atoms with E-state index in [9.17, 15) is 0 Å². The third kappa shape index (κ3) is 8.21. The van der Waals surface area contributed by atoms with Crippen LogP contribution in [-0.2, 0) is 6.54 Å². The van der Waals surface area contributed by atoms with Crippen molar-refractivity contribution in [1.29, 1.82) is 0 Å². The summed E-state index contributed by atoms with van der Waals surface area (Å²) in [6.45, 7) is 11.9. The third-order valence-electron chi connectivity index (χ3n) is 3.32. The van der Waals surface area contributed by atoms with Gasteiger partial charge in [0.25, 0.3) is 0 Å². The zero-order valence-corrected chi connectivity index (χ0v) is 13.7. The molecule has 1 aromatic carbocycles. The van der Waals surface area contributed by atoms with E-state index in [-0.39, 0.29) is 0 Å². The molecule has 2 nitrogen and oxygen atoms in total. The van der Waals surface area contributed by atoms with Gasteiger partial charge in [0.2, 0.25) is 0 Å². The van der Waals surface area contributed by atoms with Crippen LogP contribution in [0.25, 0.3) is 0 Å². The molecular weight excluding hydrogens is 246 g/mol. The van der Waals surface area contributed by atoms with E-state index in [4.69, 9.17) is 4.74 Å². The summed E-state index contributed by atoms with van der Waals surface area (Å²) in [7, 11) is 0. The Morgan fingerprint density at radius 1 is 1.05 bits per heavy atom. The van der Waals surface area contributed by atoms with E-state index < -0.39 is 0 Å². The first kappa shape index (κ1) is 17.0. The largest absolute Gasteiger partial charge is 0.494 e. The third-order valence-corrected chi connectivity index (χ3v) is 3.32. The molecule has 0 fully saturated rings. The Morgan fingerprint density at radius 3 is 2.35 bits per heavy atom. The van der Waals surface area contributed by atoms with Crippen LogP contribution in [-0.4, -0.2) is 13.2 Å². The molecule has 0 saturated carbocycles. The average molecular weight is 277 g/mol. The topological polar surface area (TPSA) is 21.3 Å². The van der Waals surface area contributed by atoms with Crippen LogP contribution in [0.1, 0.15) is 58.9 Å². The van der Waals surface area contributed by atoms with Crippen LogP contribution in [0.3, 0.4) is 0 Å². The number of rotatable bonds is 9. The summed E-state index contributed by atoms with van der Waals surface area (Å²) in [5, 5.41) is 3.50. The van der Waals surface area contributed by atoms with Gasteiger partial charge in [0.15, 0.2) is 0 Å². The van der Waals surface area contributed by atoms with Gasteiger partial charge in [-0.15, -0.1) is 0 Å². The molecule has 1 N–H and O–H groups in total. The highest BCUT2D eigenvalue weighted by molar-refractivity contribution is 5.27. The minimum atomic E-state index is 0.406. The van der Waals surface area contributed by atoms with E-state index in [0.29, 0.717) is 5.41 Å². The Bertz CT molecular complexity index is 351. The van der Waals surface area contributed by atoms with Crippen LogP contribution < -0.4 is 10.1 Å². The number of hydrogen-bond donors (Lipinski definition) is 1. The second kappa shape index (κ2) is 9.02. The van der Waals surface area contributed by atoms with Crippen molar-refractivity contribution in [2.75, 3.05) is 13.2 Å². The monoisotopic (exact) mass is 277 g/mol. The molecule has 0 aliphatic rings. The van der Waals surface area contributed by atoms with Gasteiger partial charge in [-0.2, -0.15) is 0 Å². The molecule has 2 heteroatoms. The number of unbranched alkanes of at least 4 members (excludes halogenated alkanes) is 2. The fourth-order valence-corrected chi connectivity index (χ4v) is 1.94. The van der Waals surface area contributed by atoms with Crippen molar-refractivity contribution in [2.45, 2.75) is 59.9 Å². The van der Waals surface area contributed by atoms with Gasteiger partial charge in [-0.25, -0.2) is 0 Å². The molecule has 0 aromatic heterocycles. The maximum Gasteiger partial charge on any atom is 0.119 e. The zero-order valence-electron chi connectivity index (χ0n) is 13.7. The van der Waals surface area contributed by atoms with Crippen molar-refractivity contribution in [3.05, 3.63) is 29.8 Å². The van der Waals surface area contributed by atoms with Crippen molar-refractivity contribution >= 4 is 0 Å². The highest BCUT2D eigenvalue weighted by Crippen LogP contribution is 2.17. The van der Waals surface area contributed by atoms with Gasteiger partial charge in [-0.3, -0.25) is 0 Å². The van der Waals surface area contributed by atoms with Gasteiger partial charge < -0.3 is 10.1 Å². The molecule has 0 bridgehead atoms. The fraction of sp³-hybridized carbons (Fsp3) is 0.667. The Labute approximate surface area is 124 Å². The number of ether oxygens (including phenoxy) is 1. The van der Waals surface area contributed by atoms with E-state index >= 15 is 0 Å². The molecule has 0 unspecified atom stereocenters. The lowest BCUT2D eigenvalue weighted by atomic mass is 9.92. The molecule has 0 spiro atoms. The van der Waals surface area contributed by atoms with Crippen molar-refractivity contribution in [3.63, 3.8) is 0 Å². The predicted molar refractivity (Wildman–Crippen MR) is 87.2 cm³/mol. The molecule has 0 atom stereocenters. The molecule has 0 amide bonds. The summed E-state index contributed by atoms with van der Waals surface area (Å²) in [6, 6.07) is 8.46. The lowest BCUT2D eigenvalue weighted by molar-refractivity contribution is 0.306. The second-order valence-corrected chi connectivity index (χ2v) is 6.69. The summed E-state index contributed by atoms with van der Waals surface area (Å²) < 4.78 is 5.71. The Hall–Kier alpha value is -1.02. The molecule has 0 aliphatic carbocycles. The normalized spacial score (nSPS) is 11.6. The van der Waals surface area contributed by atoms with E-state index in [1.165, 1.54) is 24.8 Å². The summed E-state index contributed by atoms with van der Waals surface area (Å²) >= 11 is 0. The number of hydrogen-bond acceptors (Lipinski definition) is 2. The lowest BCUT2D eigenvalue weighted by Crippen LogP contribution is -2.20. The average Bonchev–Trinajstić information content (AvgIpc) is 2.40. The lowest BCUT2D eigenvalue weighted by Gasteiger charge is -2.18. The summed E-state index contributed by atoms with van der Waals surface area (Å²) in [5.74, 6) is 0.986. The molecule has 0 saturated heterocycles. The van der Waals surface area contributed by atoms with Crippen LogP contribution in [0.4, 0.5) is 0 Å². The molecule has 1 aromatic rings. The van der Waals surface area contributed by atoms with Gasteiger partial charge in [0.05, 0.1) is 6.61 Å². The summed E-state index contributed by atoms with van der Waals surface area (Å²) in [5.41, 5.74) is 1.73. The standard InChI is InChI=1S/C18H31NO/c1-5-6-7-14-20-17-10-8-16(9-11-17)15-19-13-12-18(2,3)4/h8-11,19H,5-7,12-15H2,1-4H3. The van der Waals surface area contributed by atoms with Crippen molar-refractivity contribution < 1.29 is 4.74 Å². The number of benzene rings is 1. The molecule has 1 rings (SSSR count).